The molecule has 5 heteroatoms. The Labute approximate surface area is 129 Å². The summed E-state index contributed by atoms with van der Waals surface area (Å²) in [6, 6.07) is 7.80. The largest absolute Gasteiger partial charge is 0.388 e. The summed E-state index contributed by atoms with van der Waals surface area (Å²) in [6.07, 6.45) is 0.254. The molecule has 1 aromatic carbocycles. The highest BCUT2D eigenvalue weighted by molar-refractivity contribution is 9.10. The van der Waals surface area contributed by atoms with Gasteiger partial charge in [-0.2, -0.15) is 0 Å². The van der Waals surface area contributed by atoms with Gasteiger partial charge in [0, 0.05) is 38.3 Å². The number of rotatable bonds is 10. The molecule has 0 amide bonds. The molecule has 1 N–H and O–H groups in total. The van der Waals surface area contributed by atoms with Crippen LogP contribution < -0.4 is 0 Å². The van der Waals surface area contributed by atoms with E-state index in [1.165, 1.54) is 0 Å². The molecule has 20 heavy (non-hydrogen) atoms. The van der Waals surface area contributed by atoms with Gasteiger partial charge in [-0.05, 0) is 24.1 Å². The van der Waals surface area contributed by atoms with E-state index in [1.54, 1.807) is 14.2 Å². The van der Waals surface area contributed by atoms with Crippen molar-refractivity contribution in [1.29, 1.82) is 0 Å². The number of hydrogen-bond acceptors (Lipinski definition) is 4. The summed E-state index contributed by atoms with van der Waals surface area (Å²) in [4.78, 5) is 2.24. The van der Waals surface area contributed by atoms with Crippen LogP contribution in [0.25, 0.3) is 0 Å². The van der Waals surface area contributed by atoms with Gasteiger partial charge < -0.3 is 14.6 Å². The van der Waals surface area contributed by atoms with E-state index < -0.39 is 6.10 Å². The Bertz CT molecular complexity index is 368. The van der Waals surface area contributed by atoms with Crippen molar-refractivity contribution >= 4 is 15.9 Å². The lowest BCUT2D eigenvalue weighted by atomic mass is 10.1. The second-order valence-corrected chi connectivity index (χ2v) is 5.60. The van der Waals surface area contributed by atoms with E-state index in [4.69, 9.17) is 9.47 Å². The van der Waals surface area contributed by atoms with Crippen LogP contribution in [0.4, 0.5) is 0 Å². The van der Waals surface area contributed by atoms with Gasteiger partial charge in [-0.3, -0.25) is 4.90 Å². The lowest BCUT2D eigenvalue weighted by Gasteiger charge is -2.23. The number of aliphatic hydroxyl groups excluding tert-OH is 1. The second kappa shape index (κ2) is 10.3. The zero-order chi connectivity index (χ0) is 14.8. The zero-order valence-corrected chi connectivity index (χ0v) is 13.8. The van der Waals surface area contributed by atoms with Gasteiger partial charge in [-0.25, -0.2) is 0 Å². The number of halogens is 1. The van der Waals surface area contributed by atoms with Gasteiger partial charge in [0.05, 0.1) is 19.3 Å². The van der Waals surface area contributed by atoms with Crippen LogP contribution in [0, 0.1) is 0 Å². The Kier molecular flexibility index (Phi) is 9.05. The Morgan fingerprint density at radius 3 is 2.35 bits per heavy atom. The number of nitrogens with zero attached hydrogens (tertiary/aromatic N) is 1. The molecule has 0 saturated heterocycles. The van der Waals surface area contributed by atoms with Crippen LogP contribution in [0.15, 0.2) is 28.7 Å². The molecule has 0 heterocycles. The maximum absolute atomic E-state index is 10.2. The molecule has 4 nitrogen and oxygen atoms in total. The molecule has 1 atom stereocenters. The number of methoxy groups -OCH3 is 2. The molecule has 0 fully saturated rings. The third-order valence-corrected chi connectivity index (χ3v) is 3.67. The van der Waals surface area contributed by atoms with Crippen molar-refractivity contribution in [3.8, 4) is 0 Å². The van der Waals surface area contributed by atoms with Crippen LogP contribution in [-0.2, 0) is 9.47 Å². The summed E-state index contributed by atoms with van der Waals surface area (Å²) in [5, 5.41) is 10.2. The van der Waals surface area contributed by atoms with E-state index in [2.05, 4.69) is 20.8 Å². The van der Waals surface area contributed by atoms with Crippen molar-refractivity contribution in [3.63, 3.8) is 0 Å². The van der Waals surface area contributed by atoms with Crippen molar-refractivity contribution in [2.45, 2.75) is 12.5 Å². The Hall–Kier alpha value is -0.460. The van der Waals surface area contributed by atoms with Crippen molar-refractivity contribution in [3.05, 3.63) is 34.3 Å². The van der Waals surface area contributed by atoms with Crippen LogP contribution in [0.3, 0.4) is 0 Å². The minimum atomic E-state index is -0.444. The van der Waals surface area contributed by atoms with Crippen LogP contribution >= 0.6 is 15.9 Å². The molecular formula is C15H24BrNO3. The van der Waals surface area contributed by atoms with E-state index in [0.717, 1.165) is 29.7 Å². The van der Waals surface area contributed by atoms with Crippen LogP contribution in [0.5, 0.6) is 0 Å². The fourth-order valence-corrected chi connectivity index (χ4v) is 2.38. The standard InChI is InChI=1S/C15H24BrNO3/c1-19-10-8-17(9-11-20-2)7-6-15(18)13-4-3-5-14(16)12-13/h3-5,12,15,18H,6-11H2,1-2H3. The lowest BCUT2D eigenvalue weighted by molar-refractivity contribution is 0.0945. The Morgan fingerprint density at radius 2 is 1.80 bits per heavy atom. The molecule has 0 radical (unpaired) electrons. The molecule has 0 aliphatic heterocycles. The van der Waals surface area contributed by atoms with Gasteiger partial charge in [-0.15, -0.1) is 0 Å². The monoisotopic (exact) mass is 345 g/mol. The molecule has 0 aromatic heterocycles. The first kappa shape index (κ1) is 17.6. The average Bonchev–Trinajstić information content (AvgIpc) is 2.46. The minimum Gasteiger partial charge on any atom is -0.388 e. The van der Waals surface area contributed by atoms with Crippen LogP contribution in [0.1, 0.15) is 18.1 Å². The van der Waals surface area contributed by atoms with Gasteiger partial charge >= 0.3 is 0 Å². The number of hydrogen-bond donors (Lipinski definition) is 1. The summed E-state index contributed by atoms with van der Waals surface area (Å²) in [7, 11) is 3.40. The first-order valence-corrected chi connectivity index (χ1v) is 7.60. The molecule has 1 unspecified atom stereocenters. The molecule has 1 aromatic rings. The topological polar surface area (TPSA) is 41.9 Å². The molecular weight excluding hydrogens is 322 g/mol. The first-order chi connectivity index (χ1) is 9.67. The number of ether oxygens (including phenoxy) is 2. The highest BCUT2D eigenvalue weighted by Crippen LogP contribution is 2.20. The maximum atomic E-state index is 10.2. The summed E-state index contributed by atoms with van der Waals surface area (Å²) in [5.74, 6) is 0. The molecule has 0 bridgehead atoms. The van der Waals surface area contributed by atoms with Gasteiger partial charge in [0.1, 0.15) is 0 Å². The molecule has 0 aliphatic rings. The molecule has 0 aliphatic carbocycles. The summed E-state index contributed by atoms with van der Waals surface area (Å²) >= 11 is 3.42. The molecule has 0 saturated carbocycles. The minimum absolute atomic E-state index is 0.444. The van der Waals surface area contributed by atoms with Crippen molar-refractivity contribution < 1.29 is 14.6 Å². The Morgan fingerprint density at radius 1 is 1.15 bits per heavy atom. The van der Waals surface area contributed by atoms with Gasteiger partial charge in [-0.1, -0.05) is 28.1 Å². The molecule has 1 rings (SSSR count). The fraction of sp³-hybridized carbons (Fsp3) is 0.600. The van der Waals surface area contributed by atoms with Crippen molar-refractivity contribution in [2.24, 2.45) is 0 Å². The molecule has 0 spiro atoms. The zero-order valence-electron chi connectivity index (χ0n) is 12.2. The fourth-order valence-electron chi connectivity index (χ4n) is 1.96. The molecule has 114 valence electrons. The normalized spacial score (nSPS) is 12.8. The summed E-state index contributed by atoms with van der Waals surface area (Å²) in [6.45, 7) is 3.91. The van der Waals surface area contributed by atoms with Crippen molar-refractivity contribution in [2.75, 3.05) is 47.1 Å². The van der Waals surface area contributed by atoms with E-state index >= 15 is 0 Å². The second-order valence-electron chi connectivity index (χ2n) is 4.69. The summed E-state index contributed by atoms with van der Waals surface area (Å²) in [5.41, 5.74) is 0.942. The predicted octanol–water partition coefficient (Wildman–Crippen LogP) is 2.47. The third-order valence-electron chi connectivity index (χ3n) is 3.18. The van der Waals surface area contributed by atoms with Gasteiger partial charge in [0.15, 0.2) is 0 Å². The third kappa shape index (κ3) is 6.81. The van der Waals surface area contributed by atoms with E-state index in [-0.39, 0.29) is 0 Å². The lowest BCUT2D eigenvalue weighted by Crippen LogP contribution is -2.32. The van der Waals surface area contributed by atoms with E-state index in [0.29, 0.717) is 19.6 Å². The number of benzene rings is 1. The van der Waals surface area contributed by atoms with Gasteiger partial charge in [0.2, 0.25) is 0 Å². The summed E-state index contributed by atoms with van der Waals surface area (Å²) < 4.78 is 11.2. The smallest absolute Gasteiger partial charge is 0.0802 e. The quantitative estimate of drug-likeness (QED) is 0.707. The van der Waals surface area contributed by atoms with Crippen LogP contribution in [-0.4, -0.2) is 57.1 Å². The maximum Gasteiger partial charge on any atom is 0.0802 e. The predicted molar refractivity (Wildman–Crippen MR) is 83.9 cm³/mol. The van der Waals surface area contributed by atoms with Gasteiger partial charge in [0.25, 0.3) is 0 Å². The highest BCUT2D eigenvalue weighted by atomic mass is 79.9. The Balaban J connectivity index is 2.44. The SMILES string of the molecule is COCCN(CCOC)CCC(O)c1cccc(Br)c1. The number of aliphatic hydroxyl groups is 1. The first-order valence-electron chi connectivity index (χ1n) is 6.81. The highest BCUT2D eigenvalue weighted by Gasteiger charge is 2.11. The van der Waals surface area contributed by atoms with Crippen LogP contribution in [0.2, 0.25) is 0 Å². The van der Waals surface area contributed by atoms with E-state index in [1.807, 2.05) is 24.3 Å². The average molecular weight is 346 g/mol. The van der Waals surface area contributed by atoms with E-state index in [9.17, 15) is 5.11 Å². The van der Waals surface area contributed by atoms with Crippen molar-refractivity contribution in [1.82, 2.24) is 4.90 Å².